The maximum absolute atomic E-state index is 12.1. The van der Waals surface area contributed by atoms with E-state index in [9.17, 15) is 14.7 Å². The maximum Gasteiger partial charge on any atom is 0.336 e. The molecule has 25 heavy (non-hydrogen) atoms. The molecule has 6 heteroatoms. The van der Waals surface area contributed by atoms with Crippen LogP contribution in [-0.2, 0) is 9.53 Å². The second kappa shape index (κ2) is 6.04. The molecule has 1 aromatic heterocycles. The SMILES string of the molecule is C/C=C(/C)C(=O)OC(C)(C)[C@H]1Oc2ccc3ccc(=O)oc3c2[C@H]1O. The Morgan fingerprint density at radius 1 is 1.28 bits per heavy atom. The number of carbonyl (C=O) groups excluding carboxylic acids is 1. The standard InChI is InChI=1S/C19H20O6/c1-5-10(2)18(22)25-19(3,4)17-15(21)14-12(23-17)8-6-11-7-9-13(20)24-16(11)14/h5-9,15,17,21H,1-4H3/b10-5-/t15-,17+/m1/s1. The number of esters is 1. The molecule has 1 aliphatic heterocycles. The average molecular weight is 344 g/mol. The molecule has 2 atom stereocenters. The molecule has 2 heterocycles. The number of ether oxygens (including phenoxy) is 2. The Morgan fingerprint density at radius 3 is 2.64 bits per heavy atom. The monoisotopic (exact) mass is 344 g/mol. The predicted molar refractivity (Wildman–Crippen MR) is 91.5 cm³/mol. The predicted octanol–water partition coefficient (Wildman–Crippen LogP) is 2.88. The molecular weight excluding hydrogens is 324 g/mol. The number of carbonyl (C=O) groups is 1. The minimum absolute atomic E-state index is 0.284. The molecule has 0 saturated heterocycles. The lowest BCUT2D eigenvalue weighted by Gasteiger charge is -2.32. The lowest BCUT2D eigenvalue weighted by Crippen LogP contribution is -2.45. The van der Waals surface area contributed by atoms with E-state index in [2.05, 4.69) is 0 Å². The van der Waals surface area contributed by atoms with Crippen molar-refractivity contribution in [3.63, 3.8) is 0 Å². The van der Waals surface area contributed by atoms with Crippen molar-refractivity contribution in [3.8, 4) is 5.75 Å². The van der Waals surface area contributed by atoms with Crippen LogP contribution in [0.15, 0.2) is 45.1 Å². The van der Waals surface area contributed by atoms with Gasteiger partial charge in [0, 0.05) is 17.0 Å². The molecule has 0 bridgehead atoms. The number of fused-ring (bicyclic) bond motifs is 3. The van der Waals surface area contributed by atoms with Gasteiger partial charge in [0.15, 0.2) is 6.10 Å². The molecule has 0 radical (unpaired) electrons. The Kier molecular flexibility index (Phi) is 4.16. The van der Waals surface area contributed by atoms with E-state index in [0.717, 1.165) is 0 Å². The number of allylic oxidation sites excluding steroid dienone is 1. The summed E-state index contributed by atoms with van der Waals surface area (Å²) in [6.45, 7) is 6.74. The van der Waals surface area contributed by atoms with E-state index in [1.807, 2.05) is 0 Å². The molecule has 0 unspecified atom stereocenters. The number of hydrogen-bond donors (Lipinski definition) is 1. The van der Waals surface area contributed by atoms with Crippen molar-refractivity contribution in [2.45, 2.75) is 45.5 Å². The highest BCUT2D eigenvalue weighted by Gasteiger charge is 2.47. The number of hydrogen-bond acceptors (Lipinski definition) is 6. The van der Waals surface area contributed by atoms with Crippen LogP contribution < -0.4 is 10.4 Å². The topological polar surface area (TPSA) is 86.0 Å². The van der Waals surface area contributed by atoms with E-state index in [1.165, 1.54) is 6.07 Å². The van der Waals surface area contributed by atoms with E-state index in [4.69, 9.17) is 13.9 Å². The third kappa shape index (κ3) is 2.93. The summed E-state index contributed by atoms with van der Waals surface area (Å²) >= 11 is 0. The van der Waals surface area contributed by atoms with Crippen LogP contribution in [0.1, 0.15) is 39.4 Å². The Bertz CT molecular complexity index is 921. The molecule has 1 aromatic carbocycles. The second-order valence-corrected chi connectivity index (χ2v) is 6.60. The zero-order valence-electron chi connectivity index (χ0n) is 14.5. The number of aliphatic hydroxyl groups excluding tert-OH is 1. The van der Waals surface area contributed by atoms with Crippen LogP contribution in [0.5, 0.6) is 5.75 Å². The highest BCUT2D eigenvalue weighted by Crippen LogP contribution is 2.45. The van der Waals surface area contributed by atoms with Gasteiger partial charge < -0.3 is 19.0 Å². The maximum atomic E-state index is 12.1. The Labute approximate surface area is 144 Å². The summed E-state index contributed by atoms with van der Waals surface area (Å²) in [4.78, 5) is 23.7. The number of benzene rings is 1. The molecule has 2 aromatic rings. The molecule has 132 valence electrons. The van der Waals surface area contributed by atoms with Crippen molar-refractivity contribution in [1.82, 2.24) is 0 Å². The van der Waals surface area contributed by atoms with Gasteiger partial charge in [0.05, 0.1) is 5.56 Å². The molecule has 0 spiro atoms. The van der Waals surface area contributed by atoms with Crippen molar-refractivity contribution in [2.75, 3.05) is 0 Å². The van der Waals surface area contributed by atoms with Crippen LogP contribution >= 0.6 is 0 Å². The van der Waals surface area contributed by atoms with Crippen LogP contribution in [0, 0.1) is 0 Å². The van der Waals surface area contributed by atoms with Crippen molar-refractivity contribution < 1.29 is 23.8 Å². The third-order valence-corrected chi connectivity index (χ3v) is 4.42. The Morgan fingerprint density at radius 2 is 1.96 bits per heavy atom. The summed E-state index contributed by atoms with van der Waals surface area (Å²) in [6.07, 6.45) is -0.272. The van der Waals surface area contributed by atoms with Crippen molar-refractivity contribution in [2.24, 2.45) is 0 Å². The van der Waals surface area contributed by atoms with Gasteiger partial charge in [-0.25, -0.2) is 9.59 Å². The molecular formula is C19H20O6. The lowest BCUT2D eigenvalue weighted by atomic mass is 9.93. The van der Waals surface area contributed by atoms with Gasteiger partial charge in [-0.3, -0.25) is 0 Å². The molecule has 0 aliphatic carbocycles. The summed E-state index contributed by atoms with van der Waals surface area (Å²) in [7, 11) is 0. The van der Waals surface area contributed by atoms with Crippen LogP contribution in [0.25, 0.3) is 11.0 Å². The molecule has 1 N–H and O–H groups in total. The summed E-state index contributed by atoms with van der Waals surface area (Å²) < 4.78 is 16.6. The highest BCUT2D eigenvalue weighted by atomic mass is 16.6. The summed E-state index contributed by atoms with van der Waals surface area (Å²) in [5.41, 5.74) is -0.458. The fourth-order valence-electron chi connectivity index (χ4n) is 2.89. The average Bonchev–Trinajstić information content (AvgIpc) is 2.91. The Hall–Kier alpha value is -2.60. The first-order valence-electron chi connectivity index (χ1n) is 8.02. The third-order valence-electron chi connectivity index (χ3n) is 4.42. The van der Waals surface area contributed by atoms with Crippen LogP contribution in [0.4, 0.5) is 0 Å². The van der Waals surface area contributed by atoms with E-state index in [0.29, 0.717) is 22.3 Å². The lowest BCUT2D eigenvalue weighted by molar-refractivity contribution is -0.165. The van der Waals surface area contributed by atoms with Crippen LogP contribution in [0.3, 0.4) is 0 Å². The summed E-state index contributed by atoms with van der Waals surface area (Å²) in [5, 5.41) is 11.5. The molecule has 0 saturated carbocycles. The fraction of sp³-hybridized carbons (Fsp3) is 0.368. The van der Waals surface area contributed by atoms with Crippen molar-refractivity contribution in [1.29, 1.82) is 0 Å². The first-order chi connectivity index (χ1) is 11.7. The van der Waals surface area contributed by atoms with E-state index >= 15 is 0 Å². The van der Waals surface area contributed by atoms with Gasteiger partial charge in [-0.05, 0) is 45.9 Å². The highest BCUT2D eigenvalue weighted by molar-refractivity contribution is 5.88. The van der Waals surface area contributed by atoms with Gasteiger partial charge in [-0.15, -0.1) is 0 Å². The van der Waals surface area contributed by atoms with Crippen LogP contribution in [0.2, 0.25) is 0 Å². The van der Waals surface area contributed by atoms with Crippen LogP contribution in [-0.4, -0.2) is 22.8 Å². The smallest absolute Gasteiger partial charge is 0.336 e. The molecule has 0 fully saturated rings. The van der Waals surface area contributed by atoms with Gasteiger partial charge in [0.25, 0.3) is 0 Å². The minimum atomic E-state index is -1.10. The van der Waals surface area contributed by atoms with Crippen molar-refractivity contribution in [3.05, 3.63) is 51.9 Å². The second-order valence-electron chi connectivity index (χ2n) is 6.60. The van der Waals surface area contributed by atoms with E-state index in [1.54, 1.807) is 52.0 Å². The zero-order chi connectivity index (χ0) is 18.4. The molecule has 1 aliphatic rings. The van der Waals surface area contributed by atoms with Gasteiger partial charge >= 0.3 is 11.6 Å². The first kappa shape index (κ1) is 17.2. The quantitative estimate of drug-likeness (QED) is 0.523. The van der Waals surface area contributed by atoms with E-state index < -0.39 is 29.4 Å². The minimum Gasteiger partial charge on any atom is -0.483 e. The Balaban J connectivity index is 1.98. The normalized spacial score (nSPS) is 20.3. The molecule has 6 nitrogen and oxygen atoms in total. The largest absolute Gasteiger partial charge is 0.483 e. The van der Waals surface area contributed by atoms with Gasteiger partial charge in [0.2, 0.25) is 0 Å². The van der Waals surface area contributed by atoms with Gasteiger partial charge in [-0.1, -0.05) is 6.08 Å². The van der Waals surface area contributed by atoms with Gasteiger partial charge in [-0.2, -0.15) is 0 Å². The zero-order valence-corrected chi connectivity index (χ0v) is 14.5. The summed E-state index contributed by atoms with van der Waals surface area (Å²) in [5.74, 6) is -0.0677. The first-order valence-corrected chi connectivity index (χ1v) is 8.02. The molecule has 3 rings (SSSR count). The fourth-order valence-corrected chi connectivity index (χ4v) is 2.89. The van der Waals surface area contributed by atoms with Gasteiger partial charge in [0.1, 0.15) is 23.0 Å². The summed E-state index contributed by atoms with van der Waals surface area (Å²) in [6, 6.07) is 6.40. The number of aliphatic hydroxyl groups is 1. The van der Waals surface area contributed by atoms with E-state index in [-0.39, 0.29) is 5.58 Å². The molecule has 0 amide bonds. The number of rotatable bonds is 3. The van der Waals surface area contributed by atoms with Crippen molar-refractivity contribution >= 4 is 16.9 Å².